The molecule has 0 saturated carbocycles. The fourth-order valence-corrected chi connectivity index (χ4v) is 5.24. The lowest BCUT2D eigenvalue weighted by molar-refractivity contribution is 0.169. The third-order valence-corrected chi connectivity index (χ3v) is 6.93. The molecule has 33 heavy (non-hydrogen) atoms. The van der Waals surface area contributed by atoms with Gasteiger partial charge in [-0.3, -0.25) is 18.7 Å². The standard InChI is InChI=1S/C24H27N5O4/c30-22-4-2-19-24-28(23(31)13-26-19)15-18(29(22)24)14-27-7-5-17(6-8-27)25-12-16-1-3-20-21(11-16)33-10-9-32-20/h1-4,11,13,17-18,25H,5-10,12,14-15H2. The van der Waals surface area contributed by atoms with Crippen molar-refractivity contribution < 1.29 is 9.47 Å². The van der Waals surface area contributed by atoms with Gasteiger partial charge in [-0.25, -0.2) is 4.98 Å². The molecule has 9 heteroatoms. The lowest BCUT2D eigenvalue weighted by Gasteiger charge is -2.34. The minimum absolute atomic E-state index is 0.0414. The zero-order chi connectivity index (χ0) is 22.4. The number of fused-ring (bicyclic) bond motifs is 1. The van der Waals surface area contributed by atoms with Crippen molar-refractivity contribution >= 4 is 11.2 Å². The van der Waals surface area contributed by atoms with E-state index in [2.05, 4.69) is 27.3 Å². The smallest absolute Gasteiger partial charge is 0.270 e. The molecule has 172 valence electrons. The number of rotatable bonds is 5. The fraction of sp³-hybridized carbons (Fsp3) is 0.458. The second kappa shape index (κ2) is 8.31. The van der Waals surface area contributed by atoms with Crippen LogP contribution in [0.15, 0.2) is 46.1 Å². The summed E-state index contributed by atoms with van der Waals surface area (Å²) >= 11 is 0. The molecule has 1 aromatic carbocycles. The monoisotopic (exact) mass is 449 g/mol. The third-order valence-electron chi connectivity index (χ3n) is 6.93. The first-order chi connectivity index (χ1) is 16.2. The Kier molecular flexibility index (Phi) is 5.15. The van der Waals surface area contributed by atoms with Gasteiger partial charge in [0.05, 0.1) is 12.2 Å². The summed E-state index contributed by atoms with van der Waals surface area (Å²) in [5.41, 5.74) is 2.32. The van der Waals surface area contributed by atoms with Crippen LogP contribution < -0.4 is 25.9 Å². The highest BCUT2D eigenvalue weighted by Crippen LogP contribution is 2.31. The molecular weight excluding hydrogens is 422 g/mol. The quantitative estimate of drug-likeness (QED) is 0.625. The summed E-state index contributed by atoms with van der Waals surface area (Å²) in [6.07, 6.45) is 3.44. The Hall–Kier alpha value is -3.17. The van der Waals surface area contributed by atoms with Crippen molar-refractivity contribution in [3.05, 3.63) is 62.8 Å². The van der Waals surface area contributed by atoms with Gasteiger partial charge in [0, 0.05) is 31.7 Å². The third kappa shape index (κ3) is 3.81. The lowest BCUT2D eigenvalue weighted by Crippen LogP contribution is -2.44. The molecule has 3 aromatic rings. The van der Waals surface area contributed by atoms with Gasteiger partial charge >= 0.3 is 0 Å². The summed E-state index contributed by atoms with van der Waals surface area (Å²) in [5, 5.41) is 3.67. The van der Waals surface area contributed by atoms with Gasteiger partial charge in [-0.2, -0.15) is 0 Å². The molecule has 5 heterocycles. The first kappa shape index (κ1) is 20.4. The zero-order valence-electron chi connectivity index (χ0n) is 18.4. The van der Waals surface area contributed by atoms with Crippen molar-refractivity contribution in [2.75, 3.05) is 32.8 Å². The first-order valence-corrected chi connectivity index (χ1v) is 11.6. The molecule has 1 N–H and O–H groups in total. The summed E-state index contributed by atoms with van der Waals surface area (Å²) in [4.78, 5) is 31.5. The summed E-state index contributed by atoms with van der Waals surface area (Å²) < 4.78 is 14.7. The number of hydrogen-bond donors (Lipinski definition) is 1. The van der Waals surface area contributed by atoms with E-state index in [0.717, 1.165) is 50.5 Å². The fourth-order valence-electron chi connectivity index (χ4n) is 5.24. The van der Waals surface area contributed by atoms with Crippen LogP contribution in [0.2, 0.25) is 0 Å². The second-order valence-electron chi connectivity index (χ2n) is 9.05. The first-order valence-electron chi connectivity index (χ1n) is 11.6. The van der Waals surface area contributed by atoms with Crippen molar-refractivity contribution in [1.82, 2.24) is 24.3 Å². The number of benzene rings is 1. The number of likely N-dealkylation sites (tertiary alicyclic amines) is 1. The van der Waals surface area contributed by atoms with Gasteiger partial charge in [0.2, 0.25) is 0 Å². The van der Waals surface area contributed by atoms with Crippen LogP contribution in [0.25, 0.3) is 11.2 Å². The van der Waals surface area contributed by atoms with E-state index in [9.17, 15) is 9.59 Å². The summed E-state index contributed by atoms with van der Waals surface area (Å²) in [6.45, 7) is 5.21. The van der Waals surface area contributed by atoms with Gasteiger partial charge in [0.1, 0.15) is 24.4 Å². The van der Waals surface area contributed by atoms with E-state index in [4.69, 9.17) is 9.47 Å². The van der Waals surface area contributed by atoms with E-state index in [-0.39, 0.29) is 17.2 Å². The van der Waals surface area contributed by atoms with Gasteiger partial charge in [-0.1, -0.05) is 6.07 Å². The Bertz CT molecular complexity index is 1300. The maximum absolute atomic E-state index is 12.6. The van der Waals surface area contributed by atoms with Crippen LogP contribution in [0.4, 0.5) is 0 Å². The number of hydrogen-bond acceptors (Lipinski definition) is 7. The zero-order valence-corrected chi connectivity index (χ0v) is 18.4. The Morgan fingerprint density at radius 2 is 1.82 bits per heavy atom. The molecule has 9 nitrogen and oxygen atoms in total. The highest BCUT2D eigenvalue weighted by molar-refractivity contribution is 5.71. The normalized spacial score (nSPS) is 20.4. The molecule has 0 bridgehead atoms. The Morgan fingerprint density at radius 3 is 2.67 bits per heavy atom. The molecule has 0 radical (unpaired) electrons. The Labute approximate surface area is 190 Å². The predicted octanol–water partition coefficient (Wildman–Crippen LogP) is 1.14. The van der Waals surface area contributed by atoms with E-state index in [0.29, 0.717) is 37.0 Å². The van der Waals surface area contributed by atoms with Crippen LogP contribution >= 0.6 is 0 Å². The van der Waals surface area contributed by atoms with Crippen molar-refractivity contribution in [1.29, 1.82) is 0 Å². The maximum Gasteiger partial charge on any atom is 0.270 e. The molecule has 0 aliphatic carbocycles. The summed E-state index contributed by atoms with van der Waals surface area (Å²) in [7, 11) is 0. The molecule has 1 unspecified atom stereocenters. The van der Waals surface area contributed by atoms with E-state index in [1.807, 2.05) is 6.07 Å². The highest BCUT2D eigenvalue weighted by Gasteiger charge is 2.29. The minimum atomic E-state index is -0.147. The van der Waals surface area contributed by atoms with Crippen molar-refractivity contribution in [2.45, 2.75) is 38.0 Å². The number of aromatic nitrogens is 3. The van der Waals surface area contributed by atoms with E-state index in [1.54, 1.807) is 21.3 Å². The van der Waals surface area contributed by atoms with Crippen LogP contribution in [0.5, 0.6) is 11.5 Å². The van der Waals surface area contributed by atoms with Gasteiger partial charge in [0.25, 0.3) is 11.1 Å². The highest BCUT2D eigenvalue weighted by atomic mass is 16.6. The van der Waals surface area contributed by atoms with Crippen molar-refractivity contribution in [3.63, 3.8) is 0 Å². The van der Waals surface area contributed by atoms with Gasteiger partial charge in [0.15, 0.2) is 11.5 Å². The van der Waals surface area contributed by atoms with E-state index in [1.165, 1.54) is 11.8 Å². The number of piperidine rings is 1. The number of pyridine rings is 1. The van der Waals surface area contributed by atoms with Gasteiger partial charge in [-0.15, -0.1) is 0 Å². The topological polar surface area (TPSA) is 90.6 Å². The maximum atomic E-state index is 12.6. The van der Waals surface area contributed by atoms with Crippen molar-refractivity contribution in [2.24, 2.45) is 0 Å². The second-order valence-corrected chi connectivity index (χ2v) is 9.05. The average Bonchev–Trinajstić information content (AvgIpc) is 3.23. The van der Waals surface area contributed by atoms with E-state index >= 15 is 0 Å². The van der Waals surface area contributed by atoms with Crippen LogP contribution in [-0.4, -0.2) is 57.9 Å². The van der Waals surface area contributed by atoms with Gasteiger partial charge in [-0.05, 0) is 49.7 Å². The minimum Gasteiger partial charge on any atom is -0.486 e. The molecule has 1 atom stereocenters. The number of nitrogens with zero attached hydrogens (tertiary/aromatic N) is 4. The molecule has 0 amide bonds. The van der Waals surface area contributed by atoms with Crippen molar-refractivity contribution in [3.8, 4) is 11.5 Å². The van der Waals surface area contributed by atoms with Crippen LogP contribution in [-0.2, 0) is 13.1 Å². The molecular formula is C24H27N5O4. The van der Waals surface area contributed by atoms with E-state index < -0.39 is 0 Å². The molecule has 3 aliphatic heterocycles. The van der Waals surface area contributed by atoms with Gasteiger partial charge < -0.3 is 19.7 Å². The molecule has 1 fully saturated rings. The predicted molar refractivity (Wildman–Crippen MR) is 123 cm³/mol. The van der Waals surface area contributed by atoms with Crippen LogP contribution in [0.1, 0.15) is 24.4 Å². The summed E-state index contributed by atoms with van der Waals surface area (Å²) in [6, 6.07) is 9.79. The molecule has 0 spiro atoms. The Morgan fingerprint density at radius 1 is 1.00 bits per heavy atom. The lowest BCUT2D eigenvalue weighted by atomic mass is 10.0. The summed E-state index contributed by atoms with van der Waals surface area (Å²) in [5.74, 6) is 1.65. The van der Waals surface area contributed by atoms with Crippen LogP contribution in [0, 0.1) is 0 Å². The van der Waals surface area contributed by atoms with Crippen LogP contribution in [0.3, 0.4) is 0 Å². The number of ether oxygens (including phenoxy) is 2. The molecule has 6 rings (SSSR count). The molecule has 2 aromatic heterocycles. The Balaban J connectivity index is 1.06. The largest absolute Gasteiger partial charge is 0.486 e. The average molecular weight is 450 g/mol. The molecule has 3 aliphatic rings. The molecule has 1 saturated heterocycles. The SMILES string of the molecule is O=c1cnc2ccc(=O)n3c2n1CC3CN1CCC(NCc2ccc3c(c2)OCCO3)CC1. The number of nitrogens with one attached hydrogen (secondary N) is 1.